The second-order valence-corrected chi connectivity index (χ2v) is 11.8. The molecular formula is C36H26ClNSi. The van der Waals surface area contributed by atoms with Crippen LogP contribution >= 0.6 is 11.6 Å². The number of hydrogen-bond acceptors (Lipinski definition) is 0. The van der Waals surface area contributed by atoms with Crippen molar-refractivity contribution in [3.8, 4) is 5.69 Å². The molecule has 0 aliphatic heterocycles. The van der Waals surface area contributed by atoms with Crippen LogP contribution in [-0.4, -0.2) is 12.6 Å². The summed E-state index contributed by atoms with van der Waals surface area (Å²) in [6, 6.07) is -27.9. The van der Waals surface area contributed by atoms with Gasteiger partial charge in [-0.25, -0.2) is 0 Å². The standard InChI is InChI=1S/C36H26ClNSi/c37-33-26-30(24-25-36(33)38-34-22-12-10-20-31(34)32-21-11-13-23-35(32)38)39(27-14-4-1-5-15-27,28-16-6-2-7-17-28)29-18-8-3-9-19-29/h1-26H/i1D,2D,3D,4D,5D,6D,7D,8D,9D,10D,11D,12D,13D,14D,15D,16D,17D,18D,19D,20D,21D,22D,23D,24D,25D,26D. The average molecular weight is 562 g/mol. The smallest absolute Gasteiger partial charge is 0.179 e. The third-order valence-corrected chi connectivity index (χ3v) is 10.3. The highest BCUT2D eigenvalue weighted by Gasteiger charge is 2.41. The molecule has 7 aromatic rings. The molecule has 39 heavy (non-hydrogen) atoms. The van der Waals surface area contributed by atoms with E-state index in [-0.39, 0.29) is 0 Å². The molecule has 0 spiro atoms. The van der Waals surface area contributed by atoms with E-state index >= 15 is 0 Å². The third kappa shape index (κ3) is 3.76. The summed E-state index contributed by atoms with van der Waals surface area (Å²) in [5.41, 5.74) is -2.11. The van der Waals surface area contributed by atoms with Crippen molar-refractivity contribution in [1.82, 2.24) is 4.57 Å². The Balaban J connectivity index is 1.91. The molecule has 0 N–H and O–H groups in total. The topological polar surface area (TPSA) is 4.93 Å². The van der Waals surface area contributed by atoms with Gasteiger partial charge in [-0.3, -0.25) is 0 Å². The fourth-order valence-electron chi connectivity index (χ4n) is 4.43. The van der Waals surface area contributed by atoms with Crippen LogP contribution in [0.25, 0.3) is 27.5 Å². The lowest BCUT2D eigenvalue weighted by molar-refractivity contribution is 1.18. The van der Waals surface area contributed by atoms with Gasteiger partial charge in [0.05, 0.1) is 57.4 Å². The lowest BCUT2D eigenvalue weighted by Gasteiger charge is -2.34. The molecule has 0 aliphatic carbocycles. The molecule has 0 aliphatic rings. The maximum absolute atomic E-state index is 9.84. The van der Waals surface area contributed by atoms with Crippen LogP contribution in [0.2, 0.25) is 5.02 Å². The molecule has 1 heterocycles. The fourth-order valence-corrected chi connectivity index (χ4v) is 8.29. The van der Waals surface area contributed by atoms with Gasteiger partial charge in [-0.05, 0) is 44.9 Å². The van der Waals surface area contributed by atoms with Gasteiger partial charge in [-0.2, -0.15) is 0 Å². The zero-order valence-corrected chi connectivity index (χ0v) is 21.1. The molecule has 0 fully saturated rings. The normalized spacial score (nSPS) is 21.1. The van der Waals surface area contributed by atoms with Gasteiger partial charge in [0.1, 0.15) is 0 Å². The molecule has 0 amide bonds. The van der Waals surface area contributed by atoms with Gasteiger partial charge in [0.15, 0.2) is 8.07 Å². The number of aromatic nitrogens is 1. The zero-order valence-electron chi connectivity index (χ0n) is 45.3. The van der Waals surface area contributed by atoms with Crippen molar-refractivity contribution in [1.29, 1.82) is 0 Å². The highest BCUT2D eigenvalue weighted by atomic mass is 35.5. The van der Waals surface area contributed by atoms with Crippen molar-refractivity contribution in [2.75, 3.05) is 0 Å². The van der Waals surface area contributed by atoms with Crippen LogP contribution in [0.15, 0.2) is 157 Å². The number of halogens is 1. The van der Waals surface area contributed by atoms with Crippen LogP contribution in [0.3, 0.4) is 0 Å². The van der Waals surface area contributed by atoms with Crippen molar-refractivity contribution in [3.63, 3.8) is 0 Å². The van der Waals surface area contributed by atoms with Crippen LogP contribution in [0.4, 0.5) is 0 Å². The highest BCUT2D eigenvalue weighted by molar-refractivity contribution is 7.19. The number of hydrogen-bond donors (Lipinski definition) is 0. The van der Waals surface area contributed by atoms with Crippen LogP contribution in [-0.2, 0) is 0 Å². The van der Waals surface area contributed by atoms with Crippen LogP contribution in [0.1, 0.15) is 35.6 Å². The second-order valence-electron chi connectivity index (χ2n) is 7.95. The SMILES string of the molecule is [2H]c1c([2H])c([2H])c([Si](c2c([2H])c([2H])c([2H])c([2H])c2[2H])(c2c([2H])c([2H])c([2H])c([2H])c2[2H])c2c([2H])c([2H])c(-n3c4c([2H])c([2H])c([2H])c([2H])c4c4c([2H])c([2H])c([2H])c([2H])c43)c(Cl)c2[2H])c([2H])c1[2H]. The van der Waals surface area contributed by atoms with Crippen molar-refractivity contribution >= 4 is 62.2 Å². The van der Waals surface area contributed by atoms with Gasteiger partial charge in [0, 0.05) is 10.8 Å². The van der Waals surface area contributed by atoms with E-state index in [9.17, 15) is 12.3 Å². The summed E-state index contributed by atoms with van der Waals surface area (Å²) in [6.45, 7) is 0. The molecular weight excluding hydrogens is 510 g/mol. The number of nitrogens with zero attached hydrogens (tertiary/aromatic N) is 1. The van der Waals surface area contributed by atoms with E-state index in [0.717, 1.165) is 0 Å². The summed E-state index contributed by atoms with van der Waals surface area (Å²) in [6.07, 6.45) is 0. The monoisotopic (exact) mass is 561 g/mol. The first-order valence-electron chi connectivity index (χ1n) is 24.1. The highest BCUT2D eigenvalue weighted by Crippen LogP contribution is 2.34. The summed E-state index contributed by atoms with van der Waals surface area (Å²) in [5.74, 6) is 0. The molecule has 0 saturated carbocycles. The first kappa shape index (κ1) is 8.82. The first-order valence-corrected chi connectivity index (χ1v) is 13.5. The third-order valence-electron chi connectivity index (χ3n) is 6.00. The molecule has 1 nitrogen and oxygen atoms in total. The van der Waals surface area contributed by atoms with Gasteiger partial charge >= 0.3 is 0 Å². The van der Waals surface area contributed by atoms with Crippen LogP contribution in [0.5, 0.6) is 0 Å². The number of benzene rings is 6. The minimum Gasteiger partial charge on any atom is -0.308 e. The average Bonchev–Trinajstić information content (AvgIpc) is 3.62. The Morgan fingerprint density at radius 1 is 0.462 bits per heavy atom. The molecule has 0 atom stereocenters. The summed E-state index contributed by atoms with van der Waals surface area (Å²) >= 11 is 7.10. The Hall–Kier alpha value is -4.37. The minimum absolute atomic E-state index is 0.503. The zero-order chi connectivity index (χ0) is 48.9. The maximum Gasteiger partial charge on any atom is 0.179 e. The first-order chi connectivity index (χ1) is 30.1. The van der Waals surface area contributed by atoms with Crippen molar-refractivity contribution in [3.05, 3.63) is 162 Å². The van der Waals surface area contributed by atoms with Gasteiger partial charge < -0.3 is 4.57 Å². The molecule has 1 aromatic heterocycles. The van der Waals surface area contributed by atoms with E-state index < -0.39 is 218 Å². The fraction of sp³-hybridized carbons (Fsp3) is 0. The van der Waals surface area contributed by atoms with E-state index in [1.807, 2.05) is 0 Å². The van der Waals surface area contributed by atoms with Gasteiger partial charge in [-0.1, -0.05) is 145 Å². The van der Waals surface area contributed by atoms with Crippen LogP contribution in [0, 0.1) is 0 Å². The van der Waals surface area contributed by atoms with Gasteiger partial charge in [-0.15, -0.1) is 0 Å². The van der Waals surface area contributed by atoms with Crippen molar-refractivity contribution in [2.45, 2.75) is 0 Å². The Bertz CT molecular complexity index is 3000. The van der Waals surface area contributed by atoms with Crippen LogP contribution < -0.4 is 20.7 Å². The Kier molecular flexibility index (Phi) is 2.20. The molecule has 3 heteroatoms. The molecule has 0 radical (unpaired) electrons. The number of fused-ring (bicyclic) bond motifs is 3. The Morgan fingerprint density at radius 3 is 1.33 bits per heavy atom. The lowest BCUT2D eigenvalue weighted by Crippen LogP contribution is -2.74. The summed E-state index contributed by atoms with van der Waals surface area (Å²) in [7, 11) is -6.19. The predicted octanol–water partition coefficient (Wildman–Crippen LogP) is 6.81. The van der Waals surface area contributed by atoms with E-state index in [0.29, 0.717) is 4.57 Å². The quantitative estimate of drug-likeness (QED) is 0.161. The molecule has 0 unspecified atom stereocenters. The van der Waals surface area contributed by atoms with Gasteiger partial charge in [0.25, 0.3) is 0 Å². The molecule has 0 bridgehead atoms. The largest absolute Gasteiger partial charge is 0.308 e. The molecule has 6 aromatic carbocycles. The van der Waals surface area contributed by atoms with Crippen molar-refractivity contribution in [2.24, 2.45) is 0 Å². The van der Waals surface area contributed by atoms with Crippen molar-refractivity contribution < 1.29 is 35.6 Å². The summed E-state index contributed by atoms with van der Waals surface area (Å²) in [4.78, 5) is 0. The molecule has 186 valence electrons. The maximum atomic E-state index is 9.84. The van der Waals surface area contributed by atoms with E-state index in [4.69, 9.17) is 34.9 Å². The number of rotatable bonds is 5. The Morgan fingerprint density at radius 2 is 0.872 bits per heavy atom. The van der Waals surface area contributed by atoms with E-state index in [2.05, 4.69) is 0 Å². The lowest BCUT2D eigenvalue weighted by atomic mass is 10.2. The van der Waals surface area contributed by atoms with E-state index in [1.54, 1.807) is 0 Å². The Labute approximate surface area is 271 Å². The minimum atomic E-state index is -6.19. The number of para-hydroxylation sites is 2. The molecule has 0 saturated heterocycles. The predicted molar refractivity (Wildman–Crippen MR) is 169 cm³/mol. The van der Waals surface area contributed by atoms with Gasteiger partial charge in [0.2, 0.25) is 0 Å². The molecule has 7 rings (SSSR count). The summed E-state index contributed by atoms with van der Waals surface area (Å²) in [5, 5.41) is -6.38. The van der Waals surface area contributed by atoms with E-state index in [1.165, 1.54) is 0 Å². The summed E-state index contributed by atoms with van der Waals surface area (Å²) < 4.78 is 232. The second kappa shape index (κ2) is 9.74.